The Labute approximate surface area is 139 Å². The molecule has 2 aromatic rings. The highest BCUT2D eigenvalue weighted by Crippen LogP contribution is 2.36. The van der Waals surface area contributed by atoms with Gasteiger partial charge in [0.1, 0.15) is 5.76 Å². The maximum Gasteiger partial charge on any atom is 0.417 e. The second kappa shape index (κ2) is 7.01. The van der Waals surface area contributed by atoms with Gasteiger partial charge in [-0.25, -0.2) is 0 Å². The minimum atomic E-state index is -4.62. The van der Waals surface area contributed by atoms with Gasteiger partial charge in [0.25, 0.3) is 5.91 Å². The Morgan fingerprint density at radius 2 is 2.04 bits per heavy atom. The smallest absolute Gasteiger partial charge is 0.417 e. The Balaban J connectivity index is 2.01. The maximum absolute atomic E-state index is 12.8. The fourth-order valence-electron chi connectivity index (χ4n) is 1.67. The van der Waals surface area contributed by atoms with Gasteiger partial charge in [0, 0.05) is 5.69 Å². The number of amides is 1. The summed E-state index contributed by atoms with van der Waals surface area (Å²) in [7, 11) is 0. The number of rotatable bonds is 3. The number of anilines is 1. The predicted octanol–water partition coefficient (Wildman–Crippen LogP) is 4.01. The lowest BCUT2D eigenvalue weighted by Gasteiger charge is -2.12. The van der Waals surface area contributed by atoms with E-state index in [4.69, 9.17) is 28.2 Å². The molecule has 0 unspecified atom stereocenters. The molecular formula is C14H10ClF3N2O2S. The number of hydrogen-bond acceptors (Lipinski definition) is 3. The molecule has 0 radical (unpaired) electrons. The van der Waals surface area contributed by atoms with Crippen molar-refractivity contribution in [2.45, 2.75) is 12.7 Å². The Bertz CT molecular complexity index is 717. The second-order valence-corrected chi connectivity index (χ2v) is 5.22. The minimum absolute atomic E-state index is 0.0612. The molecular weight excluding hydrogens is 353 g/mol. The Morgan fingerprint density at radius 3 is 2.65 bits per heavy atom. The van der Waals surface area contributed by atoms with E-state index in [-0.39, 0.29) is 17.2 Å². The summed E-state index contributed by atoms with van der Waals surface area (Å²) in [5.74, 6) is -0.173. The molecule has 23 heavy (non-hydrogen) atoms. The average Bonchev–Trinajstić information content (AvgIpc) is 2.98. The summed E-state index contributed by atoms with van der Waals surface area (Å²) in [6, 6.07) is 6.41. The summed E-state index contributed by atoms with van der Waals surface area (Å²) in [6.45, 7) is 0.188. The van der Waals surface area contributed by atoms with E-state index in [1.54, 1.807) is 12.1 Å². The zero-order chi connectivity index (χ0) is 17.0. The molecule has 0 saturated heterocycles. The standard InChI is InChI=1S/C14H10ClF3N2O2S/c15-11-4-3-8(6-10(11)14(16,17)18)20-12(21)13(23)19-7-9-2-1-5-22-9/h1-6H,7H2,(H,19,23)(H,20,21). The summed E-state index contributed by atoms with van der Waals surface area (Å²) in [5.41, 5.74) is -1.10. The first kappa shape index (κ1) is 17.3. The zero-order valence-corrected chi connectivity index (χ0v) is 13.0. The molecule has 0 bridgehead atoms. The molecule has 0 saturated carbocycles. The van der Waals surface area contributed by atoms with Crippen LogP contribution in [0.2, 0.25) is 5.02 Å². The third kappa shape index (κ3) is 4.70. The highest BCUT2D eigenvalue weighted by atomic mass is 35.5. The topological polar surface area (TPSA) is 54.3 Å². The summed E-state index contributed by atoms with van der Waals surface area (Å²) >= 11 is 10.4. The molecule has 0 aliphatic heterocycles. The van der Waals surface area contributed by atoms with Crippen LogP contribution in [0.15, 0.2) is 41.0 Å². The number of furan rings is 1. The first-order chi connectivity index (χ1) is 10.8. The molecule has 2 N–H and O–H groups in total. The van der Waals surface area contributed by atoms with Crippen LogP contribution in [0.3, 0.4) is 0 Å². The van der Waals surface area contributed by atoms with Gasteiger partial charge in [0.15, 0.2) is 4.99 Å². The molecule has 0 aliphatic carbocycles. The van der Waals surface area contributed by atoms with E-state index in [1.807, 2.05) is 0 Å². The number of thiocarbonyl (C=S) groups is 1. The van der Waals surface area contributed by atoms with Crippen molar-refractivity contribution in [3.63, 3.8) is 0 Å². The molecule has 1 aromatic carbocycles. The van der Waals surface area contributed by atoms with Gasteiger partial charge in [-0.1, -0.05) is 23.8 Å². The van der Waals surface area contributed by atoms with Crippen molar-refractivity contribution in [3.05, 3.63) is 52.9 Å². The number of halogens is 4. The number of carbonyl (C=O) groups excluding carboxylic acids is 1. The largest absolute Gasteiger partial charge is 0.467 e. The second-order valence-electron chi connectivity index (χ2n) is 4.41. The lowest BCUT2D eigenvalue weighted by atomic mass is 10.2. The highest BCUT2D eigenvalue weighted by Gasteiger charge is 2.33. The van der Waals surface area contributed by atoms with Gasteiger partial charge in [0.05, 0.1) is 23.4 Å². The van der Waals surface area contributed by atoms with Crippen LogP contribution in [0.1, 0.15) is 11.3 Å². The predicted molar refractivity (Wildman–Crippen MR) is 83.2 cm³/mol. The van der Waals surface area contributed by atoms with E-state index in [0.717, 1.165) is 12.1 Å². The quantitative estimate of drug-likeness (QED) is 0.810. The van der Waals surface area contributed by atoms with Crippen LogP contribution in [0.4, 0.5) is 18.9 Å². The van der Waals surface area contributed by atoms with Crippen LogP contribution in [0, 0.1) is 0 Å². The van der Waals surface area contributed by atoms with Crippen molar-refractivity contribution in [1.29, 1.82) is 0 Å². The molecule has 1 heterocycles. The van der Waals surface area contributed by atoms with Crippen molar-refractivity contribution in [2.75, 3.05) is 5.32 Å². The first-order valence-electron chi connectivity index (χ1n) is 6.25. The SMILES string of the molecule is O=C(Nc1ccc(Cl)c(C(F)(F)F)c1)C(=S)NCc1ccco1. The molecule has 2 rings (SSSR count). The molecule has 1 amide bonds. The van der Waals surface area contributed by atoms with E-state index < -0.39 is 22.7 Å². The Hall–Kier alpha value is -2.06. The molecule has 9 heteroatoms. The highest BCUT2D eigenvalue weighted by molar-refractivity contribution is 7.82. The Kier molecular flexibility index (Phi) is 5.27. The van der Waals surface area contributed by atoms with E-state index in [1.165, 1.54) is 12.3 Å². The normalized spacial score (nSPS) is 11.1. The van der Waals surface area contributed by atoms with E-state index in [0.29, 0.717) is 5.76 Å². The van der Waals surface area contributed by atoms with Gasteiger partial charge in [-0.05, 0) is 30.3 Å². The summed E-state index contributed by atoms with van der Waals surface area (Å²) < 4.78 is 43.3. The van der Waals surface area contributed by atoms with Gasteiger partial charge in [-0.3, -0.25) is 4.79 Å². The molecule has 122 valence electrons. The van der Waals surface area contributed by atoms with Gasteiger partial charge in [-0.15, -0.1) is 0 Å². The number of alkyl halides is 3. The number of carbonyl (C=O) groups is 1. The van der Waals surface area contributed by atoms with Crippen molar-refractivity contribution in [3.8, 4) is 0 Å². The van der Waals surface area contributed by atoms with Crippen LogP contribution < -0.4 is 10.6 Å². The number of benzene rings is 1. The van der Waals surface area contributed by atoms with Crippen molar-refractivity contribution < 1.29 is 22.4 Å². The molecule has 0 spiro atoms. The van der Waals surface area contributed by atoms with Crippen LogP contribution in [-0.4, -0.2) is 10.9 Å². The third-order valence-corrected chi connectivity index (χ3v) is 3.40. The lowest BCUT2D eigenvalue weighted by molar-refractivity contribution is -0.137. The molecule has 1 aromatic heterocycles. The summed E-state index contributed by atoms with van der Waals surface area (Å²) in [4.78, 5) is 11.7. The van der Waals surface area contributed by atoms with Gasteiger partial charge >= 0.3 is 6.18 Å². The van der Waals surface area contributed by atoms with Gasteiger partial charge in [-0.2, -0.15) is 13.2 Å². The molecule has 0 aliphatic rings. The van der Waals surface area contributed by atoms with E-state index >= 15 is 0 Å². The first-order valence-corrected chi connectivity index (χ1v) is 7.04. The fraction of sp³-hybridized carbons (Fsp3) is 0.143. The van der Waals surface area contributed by atoms with Crippen molar-refractivity contribution in [1.82, 2.24) is 5.32 Å². The van der Waals surface area contributed by atoms with Crippen LogP contribution in [0.25, 0.3) is 0 Å². The minimum Gasteiger partial charge on any atom is -0.467 e. The average molecular weight is 363 g/mol. The van der Waals surface area contributed by atoms with Gasteiger partial charge in [0.2, 0.25) is 0 Å². The van der Waals surface area contributed by atoms with Gasteiger partial charge < -0.3 is 15.1 Å². The zero-order valence-electron chi connectivity index (χ0n) is 11.4. The van der Waals surface area contributed by atoms with Crippen LogP contribution in [0.5, 0.6) is 0 Å². The monoisotopic (exact) mass is 362 g/mol. The van der Waals surface area contributed by atoms with Crippen LogP contribution >= 0.6 is 23.8 Å². The molecule has 0 atom stereocenters. The van der Waals surface area contributed by atoms with Crippen molar-refractivity contribution in [2.24, 2.45) is 0 Å². The fourth-order valence-corrected chi connectivity index (χ4v) is 2.02. The van der Waals surface area contributed by atoms with Crippen molar-refractivity contribution >= 4 is 40.4 Å². The van der Waals surface area contributed by atoms with E-state index in [9.17, 15) is 18.0 Å². The molecule has 0 fully saturated rings. The summed E-state index contributed by atoms with van der Waals surface area (Å²) in [5, 5.41) is 4.47. The third-order valence-electron chi connectivity index (χ3n) is 2.74. The number of hydrogen-bond donors (Lipinski definition) is 2. The summed E-state index contributed by atoms with van der Waals surface area (Å²) in [6.07, 6.45) is -3.15. The van der Waals surface area contributed by atoms with Crippen LogP contribution in [-0.2, 0) is 17.5 Å². The lowest BCUT2D eigenvalue weighted by Crippen LogP contribution is -2.33. The molecule has 4 nitrogen and oxygen atoms in total. The maximum atomic E-state index is 12.8. The van der Waals surface area contributed by atoms with E-state index in [2.05, 4.69) is 10.6 Å². The number of nitrogens with one attached hydrogen (secondary N) is 2. The Morgan fingerprint density at radius 1 is 1.30 bits per heavy atom.